The van der Waals surface area contributed by atoms with E-state index in [0.29, 0.717) is 0 Å². The zero-order valence-corrected chi connectivity index (χ0v) is 78.6. The van der Waals surface area contributed by atoms with Crippen molar-refractivity contribution in [2.75, 3.05) is 9.80 Å². The Morgan fingerprint density at radius 1 is 0.171 bits per heavy atom. The number of thiophene rings is 3. The van der Waals surface area contributed by atoms with E-state index in [9.17, 15) is 0 Å². The predicted octanol–water partition coefficient (Wildman–Crippen LogP) is 38.0. The van der Waals surface area contributed by atoms with Gasteiger partial charge in [0.05, 0.1) is 22.2 Å². The molecule has 2 aliphatic carbocycles. The van der Waals surface area contributed by atoms with Gasteiger partial charge in [-0.25, -0.2) is 0 Å². The molecule has 0 saturated heterocycles. The topological polar surface area (TPSA) is 19.6 Å². The van der Waals surface area contributed by atoms with Gasteiger partial charge in [0.1, 0.15) is 11.2 Å². The smallest absolute Gasteiger partial charge is 0.143 e. The number of hydrogen-bond donors (Lipinski definition) is 0. The lowest BCUT2D eigenvalue weighted by molar-refractivity contribution is 0.670. The molecule has 0 aliphatic heterocycles. The van der Waals surface area contributed by atoms with Crippen molar-refractivity contribution in [2.45, 2.75) is 10.8 Å². The summed E-state index contributed by atoms with van der Waals surface area (Å²) in [4.78, 5) is 4.93. The van der Waals surface area contributed by atoms with E-state index in [1.807, 2.05) is 46.1 Å². The zero-order valence-electron chi connectivity index (χ0n) is 76.2. The van der Waals surface area contributed by atoms with Crippen LogP contribution in [0.5, 0.6) is 0 Å². The van der Waals surface area contributed by atoms with E-state index in [-0.39, 0.29) is 0 Å². The van der Waals surface area contributed by atoms with Crippen LogP contribution in [0.15, 0.2) is 526 Å². The van der Waals surface area contributed by atoms with Gasteiger partial charge in [-0.05, 0) is 226 Å². The first-order chi connectivity index (χ1) is 69.4. The summed E-state index contributed by atoms with van der Waals surface area (Å²) in [6.07, 6.45) is 0. The Hall–Kier alpha value is -17.1. The van der Waals surface area contributed by atoms with E-state index in [2.05, 4.69) is 519 Å². The molecular formula is C134H86N2OS3. The molecule has 4 heterocycles. The average molecular weight is 1840 g/mol. The fourth-order valence-electron chi connectivity index (χ4n) is 22.8. The Morgan fingerprint density at radius 3 is 0.871 bits per heavy atom. The standard InChI is InChI=1S/C67H43NOS.C67H43NS2/c1-3-15-49(16-4-1)67(50-17-5-2-6-18-50)59-24-10-7-21-58(59)65-60(67)25-14-26-61(65)68(52-40-35-46(36-41-52)48-37-42-56-55-20-9-12-28-63(55)70-64(56)43-48)51-38-33-45(34-39-51)44-29-31-47(32-30-44)53-22-13-23-57-54-19-8-11-27-62(54)69-66(53)57;1-3-14-50(15-4-1)67(51-16-5-2-6-17-51)59-21-10-7-20-57(59)66-60(67)22-13-23-61(66)68(53-38-32-47(33-39-53)49-34-40-56-54-18-8-11-24-62(54)70-65(56)43-49)52-36-30-45(31-37-52)44-26-28-46(29-27-44)48-35-41-64-58(42-48)55-19-9-12-25-63(55)69-64/h2*1-43H. The van der Waals surface area contributed by atoms with Crippen LogP contribution in [0.3, 0.4) is 0 Å². The molecule has 0 atom stereocenters. The van der Waals surface area contributed by atoms with Gasteiger partial charge in [0.25, 0.3) is 0 Å². The highest BCUT2D eigenvalue weighted by Crippen LogP contribution is 2.63. The van der Waals surface area contributed by atoms with Crippen LogP contribution in [0.1, 0.15) is 44.5 Å². The summed E-state index contributed by atoms with van der Waals surface area (Å²) in [5.74, 6) is 0. The SMILES string of the molecule is c1ccc(C2(c3ccccc3)c3ccccc3-c3c(N(c4ccc(-c5ccc(-c6ccc7sc8ccccc8c7c6)cc5)cc4)c4ccc(-c5ccc6c(c5)sc5ccccc56)cc4)cccc32)cc1.c1ccc(C2(c3ccccc3)c3ccccc3-c3c(N(c4ccc(-c5ccc(-c6cccc7c6oc6ccccc67)cc5)cc4)c4ccc(-c5ccc6c(c5)sc5ccccc56)cc4)cccc32)cc1. The van der Waals surface area contributed by atoms with Gasteiger partial charge in [0.15, 0.2) is 0 Å². The summed E-state index contributed by atoms with van der Waals surface area (Å²) in [6.45, 7) is 0. The third-order valence-electron chi connectivity index (χ3n) is 29.2. The van der Waals surface area contributed by atoms with Crippen molar-refractivity contribution in [2.24, 2.45) is 0 Å². The van der Waals surface area contributed by atoms with Crippen molar-refractivity contribution in [1.29, 1.82) is 0 Å². The van der Waals surface area contributed by atoms with Crippen LogP contribution >= 0.6 is 34.0 Å². The molecule has 0 fully saturated rings. The maximum Gasteiger partial charge on any atom is 0.143 e. The van der Waals surface area contributed by atoms with Crippen LogP contribution in [-0.4, -0.2) is 0 Å². The maximum atomic E-state index is 6.42. The number of para-hydroxylation sites is 2. The monoisotopic (exact) mass is 1830 g/mol. The Kier molecular flexibility index (Phi) is 20.0. The lowest BCUT2D eigenvalue weighted by atomic mass is 9.68. The average Bonchev–Trinajstić information content (AvgIpc) is 1.53. The van der Waals surface area contributed by atoms with Crippen LogP contribution < -0.4 is 9.80 Å². The van der Waals surface area contributed by atoms with Crippen molar-refractivity contribution < 1.29 is 4.42 Å². The number of rotatable bonds is 16. The molecule has 0 radical (unpaired) electrons. The predicted molar refractivity (Wildman–Crippen MR) is 595 cm³/mol. The second kappa shape index (κ2) is 34.0. The van der Waals surface area contributed by atoms with Gasteiger partial charge in [-0.15, -0.1) is 34.0 Å². The Morgan fingerprint density at radius 2 is 0.450 bits per heavy atom. The van der Waals surface area contributed by atoms with Gasteiger partial charge in [-0.3, -0.25) is 0 Å². The van der Waals surface area contributed by atoms with Gasteiger partial charge < -0.3 is 14.2 Å². The van der Waals surface area contributed by atoms with Crippen LogP contribution in [-0.2, 0) is 10.8 Å². The minimum atomic E-state index is -0.517. The summed E-state index contributed by atoms with van der Waals surface area (Å²) < 4.78 is 14.3. The zero-order chi connectivity index (χ0) is 92.4. The van der Waals surface area contributed by atoms with E-state index in [0.717, 1.165) is 78.3 Å². The molecule has 6 heteroatoms. The van der Waals surface area contributed by atoms with Gasteiger partial charge in [-0.1, -0.05) is 413 Å². The van der Waals surface area contributed by atoms with Gasteiger partial charge in [0.2, 0.25) is 0 Å². The summed E-state index contributed by atoms with van der Waals surface area (Å²) in [6, 6.07) is 192. The first-order valence-corrected chi connectivity index (χ1v) is 50.4. The second-order valence-corrected chi connectivity index (χ2v) is 39.9. The fraction of sp³-hybridized carbons (Fsp3) is 0.0149. The van der Waals surface area contributed by atoms with Crippen LogP contribution in [0, 0.1) is 0 Å². The van der Waals surface area contributed by atoms with Crippen molar-refractivity contribution in [3.63, 3.8) is 0 Å². The normalized spacial score (nSPS) is 12.7. The second-order valence-electron chi connectivity index (χ2n) is 36.7. The van der Waals surface area contributed by atoms with Gasteiger partial charge in [-0.2, -0.15) is 0 Å². The third-order valence-corrected chi connectivity index (χ3v) is 32.6. The Balaban J connectivity index is 0.000000141. The Labute approximate surface area is 824 Å². The molecule has 0 spiro atoms. The molecule has 0 saturated carbocycles. The number of hydrogen-bond acceptors (Lipinski definition) is 6. The molecule has 140 heavy (non-hydrogen) atoms. The molecule has 0 unspecified atom stereocenters. The highest BCUT2D eigenvalue weighted by Gasteiger charge is 2.49. The number of nitrogens with zero attached hydrogens (tertiary/aromatic N) is 2. The summed E-state index contributed by atoms with van der Waals surface area (Å²) in [7, 11) is 0. The van der Waals surface area contributed by atoms with Crippen molar-refractivity contribution in [3.8, 4) is 89.0 Å². The van der Waals surface area contributed by atoms with E-state index in [1.54, 1.807) is 0 Å². The molecule has 0 bridgehead atoms. The lowest BCUT2D eigenvalue weighted by Crippen LogP contribution is -2.28. The fourth-order valence-corrected chi connectivity index (χ4v) is 26.2. The van der Waals surface area contributed by atoms with Crippen molar-refractivity contribution in [1.82, 2.24) is 0 Å². The van der Waals surface area contributed by atoms with E-state index >= 15 is 0 Å². The number of benzene rings is 22. The molecule has 3 nitrogen and oxygen atoms in total. The third kappa shape index (κ3) is 13.6. The summed E-state index contributed by atoms with van der Waals surface area (Å²) in [5.41, 5.74) is 36.8. The number of fused-ring (bicyclic) bond motifs is 18. The molecule has 2 aliphatic rings. The molecule has 656 valence electrons. The molecule has 0 N–H and O–H groups in total. The highest BCUT2D eigenvalue weighted by atomic mass is 32.1. The Bertz CT molecular complexity index is 9170. The molecule has 0 amide bonds. The molecule has 26 aromatic rings. The largest absolute Gasteiger partial charge is 0.455 e. The first-order valence-electron chi connectivity index (χ1n) is 48.0. The van der Waals surface area contributed by atoms with Crippen LogP contribution in [0.4, 0.5) is 34.1 Å². The highest BCUT2D eigenvalue weighted by molar-refractivity contribution is 7.26. The lowest BCUT2D eigenvalue weighted by Gasteiger charge is -2.34. The first kappa shape index (κ1) is 82.4. The van der Waals surface area contributed by atoms with E-state index < -0.39 is 10.8 Å². The minimum Gasteiger partial charge on any atom is -0.455 e. The minimum absolute atomic E-state index is 0.509. The molecule has 22 aromatic carbocycles. The number of furan rings is 1. The van der Waals surface area contributed by atoms with Crippen molar-refractivity contribution >= 4 is 151 Å². The molecule has 28 rings (SSSR count). The quantitative estimate of drug-likeness (QED) is 0.0961. The van der Waals surface area contributed by atoms with Gasteiger partial charge >= 0.3 is 0 Å². The maximum absolute atomic E-state index is 6.42. The molecule has 4 aromatic heterocycles. The molecular weight excluding hydrogens is 1750 g/mol. The number of anilines is 6. The van der Waals surface area contributed by atoms with Crippen LogP contribution in [0.2, 0.25) is 0 Å². The van der Waals surface area contributed by atoms with Crippen molar-refractivity contribution in [3.05, 3.63) is 566 Å². The summed E-state index contributed by atoms with van der Waals surface area (Å²) >= 11 is 5.59. The van der Waals surface area contributed by atoms with Crippen LogP contribution in [0.25, 0.3) is 171 Å². The van der Waals surface area contributed by atoms with E-state index in [1.165, 1.54) is 172 Å². The summed E-state index contributed by atoms with van der Waals surface area (Å²) in [5, 5.41) is 10.2. The van der Waals surface area contributed by atoms with Gasteiger partial charge in [0, 0.05) is 111 Å². The van der Waals surface area contributed by atoms with E-state index in [4.69, 9.17) is 4.42 Å².